The van der Waals surface area contributed by atoms with Crippen LogP contribution in [-0.4, -0.2) is 0 Å². The van der Waals surface area contributed by atoms with Crippen molar-refractivity contribution in [3.05, 3.63) is 70.0 Å². The molecular weight excluding hydrogens is 249 g/mol. The van der Waals surface area contributed by atoms with Gasteiger partial charge in [0.15, 0.2) is 0 Å². The first-order valence-corrected chi connectivity index (χ1v) is 6.37. The zero-order valence-electron chi connectivity index (χ0n) is 9.79. The van der Waals surface area contributed by atoms with Gasteiger partial charge in [0.05, 0.1) is 5.02 Å². The fourth-order valence-electron chi connectivity index (χ4n) is 2.46. The summed E-state index contributed by atoms with van der Waals surface area (Å²) in [5.74, 6) is -0.361. The number of nitrogens with one attached hydrogen (secondary N) is 1. The van der Waals surface area contributed by atoms with Crippen molar-refractivity contribution >= 4 is 11.6 Å². The van der Waals surface area contributed by atoms with Crippen LogP contribution in [-0.2, 0) is 13.0 Å². The monoisotopic (exact) mass is 261 g/mol. The molecule has 0 amide bonds. The highest BCUT2D eigenvalue weighted by atomic mass is 35.5. The first-order valence-electron chi connectivity index (χ1n) is 5.99. The van der Waals surface area contributed by atoms with Crippen molar-refractivity contribution in [2.45, 2.75) is 19.0 Å². The average Bonchev–Trinajstić information content (AvgIpc) is 2.78. The van der Waals surface area contributed by atoms with E-state index in [1.165, 1.54) is 17.2 Å². The predicted molar refractivity (Wildman–Crippen MR) is 71.1 cm³/mol. The third-order valence-corrected chi connectivity index (χ3v) is 3.68. The van der Waals surface area contributed by atoms with Crippen LogP contribution in [0, 0.1) is 5.82 Å². The number of rotatable bonds is 2. The zero-order valence-corrected chi connectivity index (χ0v) is 10.5. The number of hydrogen-bond donors (Lipinski definition) is 1. The van der Waals surface area contributed by atoms with Crippen LogP contribution in [0.2, 0.25) is 5.02 Å². The van der Waals surface area contributed by atoms with Crippen LogP contribution in [0.4, 0.5) is 4.39 Å². The standard InChI is InChI=1S/C15H13ClFN/c16-13-7-10(5-6-14(13)17)8-15-12-4-2-1-3-11(12)9-18-15/h1-7,15,18H,8-9H2. The molecule has 1 aliphatic heterocycles. The summed E-state index contributed by atoms with van der Waals surface area (Å²) in [5.41, 5.74) is 3.73. The molecule has 0 radical (unpaired) electrons. The van der Waals surface area contributed by atoms with Crippen LogP contribution in [0.1, 0.15) is 22.7 Å². The molecule has 1 N–H and O–H groups in total. The third kappa shape index (κ3) is 2.14. The van der Waals surface area contributed by atoms with Gasteiger partial charge >= 0.3 is 0 Å². The molecule has 0 bridgehead atoms. The molecule has 1 unspecified atom stereocenters. The number of halogens is 2. The minimum absolute atomic E-state index is 0.193. The molecule has 1 aliphatic rings. The van der Waals surface area contributed by atoms with Gasteiger partial charge in [-0.1, -0.05) is 41.9 Å². The Balaban J connectivity index is 1.84. The van der Waals surface area contributed by atoms with E-state index in [9.17, 15) is 4.39 Å². The van der Waals surface area contributed by atoms with Gasteiger partial charge in [-0.05, 0) is 35.2 Å². The maximum absolute atomic E-state index is 13.1. The molecule has 0 fully saturated rings. The minimum atomic E-state index is -0.361. The second-order valence-corrected chi connectivity index (χ2v) is 4.99. The molecule has 3 heteroatoms. The summed E-state index contributed by atoms with van der Waals surface area (Å²) < 4.78 is 13.1. The summed E-state index contributed by atoms with van der Waals surface area (Å²) in [6, 6.07) is 13.6. The van der Waals surface area contributed by atoms with E-state index < -0.39 is 0 Å². The van der Waals surface area contributed by atoms with E-state index in [1.807, 2.05) is 0 Å². The Morgan fingerprint density at radius 3 is 2.89 bits per heavy atom. The van der Waals surface area contributed by atoms with Crippen LogP contribution in [0.25, 0.3) is 0 Å². The van der Waals surface area contributed by atoms with Crippen molar-refractivity contribution in [3.8, 4) is 0 Å². The zero-order chi connectivity index (χ0) is 12.5. The summed E-state index contributed by atoms with van der Waals surface area (Å²) in [6.45, 7) is 0.899. The first-order chi connectivity index (χ1) is 8.74. The molecule has 2 aromatic carbocycles. The van der Waals surface area contributed by atoms with Gasteiger partial charge in [0.1, 0.15) is 5.82 Å². The first kappa shape index (κ1) is 11.7. The molecule has 2 aromatic rings. The van der Waals surface area contributed by atoms with Crippen LogP contribution >= 0.6 is 11.6 Å². The normalized spacial score (nSPS) is 17.8. The van der Waals surface area contributed by atoms with E-state index in [-0.39, 0.29) is 10.8 Å². The lowest BCUT2D eigenvalue weighted by Gasteiger charge is -2.12. The number of benzene rings is 2. The van der Waals surface area contributed by atoms with Crippen molar-refractivity contribution < 1.29 is 4.39 Å². The Labute approximate surface area is 111 Å². The fraction of sp³-hybridized carbons (Fsp3) is 0.200. The van der Waals surface area contributed by atoms with Gasteiger partial charge in [-0.15, -0.1) is 0 Å². The van der Waals surface area contributed by atoms with Gasteiger partial charge in [-0.25, -0.2) is 4.39 Å². The van der Waals surface area contributed by atoms with Gasteiger partial charge < -0.3 is 5.32 Å². The van der Waals surface area contributed by atoms with Gasteiger partial charge in [0, 0.05) is 12.6 Å². The maximum Gasteiger partial charge on any atom is 0.141 e. The van der Waals surface area contributed by atoms with E-state index in [0.29, 0.717) is 6.04 Å². The smallest absolute Gasteiger partial charge is 0.141 e. The summed E-state index contributed by atoms with van der Waals surface area (Å²) >= 11 is 5.80. The van der Waals surface area contributed by atoms with E-state index in [0.717, 1.165) is 18.5 Å². The van der Waals surface area contributed by atoms with Crippen LogP contribution in [0.5, 0.6) is 0 Å². The van der Waals surface area contributed by atoms with Crippen molar-refractivity contribution in [1.82, 2.24) is 5.32 Å². The summed E-state index contributed by atoms with van der Waals surface area (Å²) in [7, 11) is 0. The molecule has 3 rings (SSSR count). The van der Waals surface area contributed by atoms with E-state index in [1.54, 1.807) is 12.1 Å². The Kier molecular flexibility index (Phi) is 3.06. The highest BCUT2D eigenvalue weighted by molar-refractivity contribution is 6.30. The second kappa shape index (κ2) is 4.71. The molecule has 0 aliphatic carbocycles. The largest absolute Gasteiger partial charge is 0.306 e. The SMILES string of the molecule is Fc1ccc(CC2NCc3ccccc32)cc1Cl. The van der Waals surface area contributed by atoms with Crippen molar-refractivity contribution in [2.75, 3.05) is 0 Å². The highest BCUT2D eigenvalue weighted by Crippen LogP contribution is 2.28. The van der Waals surface area contributed by atoms with Gasteiger partial charge in [-0.3, -0.25) is 0 Å². The van der Waals surface area contributed by atoms with E-state index in [2.05, 4.69) is 29.6 Å². The maximum atomic E-state index is 13.1. The Morgan fingerprint density at radius 1 is 1.22 bits per heavy atom. The summed E-state index contributed by atoms with van der Waals surface area (Å²) in [4.78, 5) is 0. The fourth-order valence-corrected chi connectivity index (χ4v) is 2.67. The quantitative estimate of drug-likeness (QED) is 0.865. The third-order valence-electron chi connectivity index (χ3n) is 3.39. The average molecular weight is 262 g/mol. The summed E-state index contributed by atoms with van der Waals surface area (Å²) in [6.07, 6.45) is 0.830. The Bertz CT molecular complexity index is 582. The van der Waals surface area contributed by atoms with E-state index in [4.69, 9.17) is 11.6 Å². The summed E-state index contributed by atoms with van der Waals surface area (Å²) in [5, 5.41) is 3.66. The molecule has 0 spiro atoms. The van der Waals surface area contributed by atoms with Gasteiger partial charge in [0.25, 0.3) is 0 Å². The van der Waals surface area contributed by atoms with Crippen LogP contribution < -0.4 is 5.32 Å². The lowest BCUT2D eigenvalue weighted by molar-refractivity contribution is 0.579. The van der Waals surface area contributed by atoms with Crippen LogP contribution in [0.3, 0.4) is 0 Å². The lowest BCUT2D eigenvalue weighted by Crippen LogP contribution is -2.14. The second-order valence-electron chi connectivity index (χ2n) is 4.58. The molecule has 92 valence electrons. The molecule has 1 atom stereocenters. The van der Waals surface area contributed by atoms with Crippen molar-refractivity contribution in [2.24, 2.45) is 0 Å². The van der Waals surface area contributed by atoms with Crippen LogP contribution in [0.15, 0.2) is 42.5 Å². The lowest BCUT2D eigenvalue weighted by atomic mass is 9.99. The predicted octanol–water partition coefficient (Wildman–Crippen LogP) is 3.87. The number of fused-ring (bicyclic) bond motifs is 1. The molecular formula is C15H13ClFN. The number of hydrogen-bond acceptors (Lipinski definition) is 1. The molecule has 0 aromatic heterocycles. The van der Waals surface area contributed by atoms with Gasteiger partial charge in [-0.2, -0.15) is 0 Å². The van der Waals surface area contributed by atoms with E-state index >= 15 is 0 Å². The Morgan fingerprint density at radius 2 is 2.06 bits per heavy atom. The molecule has 1 heterocycles. The topological polar surface area (TPSA) is 12.0 Å². The van der Waals surface area contributed by atoms with Gasteiger partial charge in [0.2, 0.25) is 0 Å². The van der Waals surface area contributed by atoms with Crippen molar-refractivity contribution in [1.29, 1.82) is 0 Å². The molecule has 18 heavy (non-hydrogen) atoms. The molecule has 0 saturated heterocycles. The van der Waals surface area contributed by atoms with Crippen molar-refractivity contribution in [3.63, 3.8) is 0 Å². The minimum Gasteiger partial charge on any atom is -0.306 e. The molecule has 0 saturated carbocycles. The highest BCUT2D eigenvalue weighted by Gasteiger charge is 2.21. The molecule has 1 nitrogen and oxygen atoms in total. The Hall–Kier alpha value is -1.38.